The monoisotopic (exact) mass is 281 g/mol. The Morgan fingerprint density at radius 2 is 2.10 bits per heavy atom. The Morgan fingerprint density at radius 1 is 1.35 bits per heavy atom. The molecule has 1 atom stereocenters. The first kappa shape index (κ1) is 14.8. The third kappa shape index (κ3) is 2.64. The number of imidazole rings is 1. The Balaban J connectivity index is 2.40. The smallest absolute Gasteiger partial charge is 0.202 e. The van der Waals surface area contributed by atoms with E-state index in [2.05, 4.69) is 17.0 Å². The van der Waals surface area contributed by atoms with Gasteiger partial charge in [-0.15, -0.1) is 0 Å². The lowest BCUT2D eigenvalue weighted by Crippen LogP contribution is -2.25. The molecule has 7 nitrogen and oxygen atoms in total. The summed E-state index contributed by atoms with van der Waals surface area (Å²) >= 11 is 0. The number of nitrogens with two attached hydrogens (primary N) is 1. The van der Waals surface area contributed by atoms with Crippen LogP contribution in [0.5, 0.6) is 0 Å². The van der Waals surface area contributed by atoms with Gasteiger partial charge in [-0.3, -0.25) is 9.25 Å². The van der Waals surface area contributed by atoms with Gasteiger partial charge in [0, 0.05) is 21.3 Å². The first-order valence-corrected chi connectivity index (χ1v) is 6.81. The summed E-state index contributed by atoms with van der Waals surface area (Å²) in [5, 5.41) is 4.53. The molecule has 1 unspecified atom stereocenters. The van der Waals surface area contributed by atoms with Crippen LogP contribution in [0.15, 0.2) is 0 Å². The summed E-state index contributed by atoms with van der Waals surface area (Å²) in [5.74, 6) is 0.489. The Labute approximate surface area is 118 Å². The van der Waals surface area contributed by atoms with E-state index in [1.807, 2.05) is 16.3 Å². The lowest BCUT2D eigenvalue weighted by molar-refractivity contribution is 0.0191. The van der Waals surface area contributed by atoms with Crippen molar-refractivity contribution in [3.05, 3.63) is 5.69 Å². The van der Waals surface area contributed by atoms with E-state index < -0.39 is 0 Å². The second-order valence-electron chi connectivity index (χ2n) is 4.89. The highest BCUT2D eigenvalue weighted by Crippen LogP contribution is 2.22. The van der Waals surface area contributed by atoms with Gasteiger partial charge in [-0.2, -0.15) is 5.10 Å². The second-order valence-corrected chi connectivity index (χ2v) is 4.89. The van der Waals surface area contributed by atoms with Crippen molar-refractivity contribution in [3.63, 3.8) is 0 Å². The van der Waals surface area contributed by atoms with Gasteiger partial charge in [-0.1, -0.05) is 13.3 Å². The molecule has 7 heteroatoms. The highest BCUT2D eigenvalue weighted by Gasteiger charge is 2.20. The molecule has 2 aromatic heterocycles. The number of aryl methyl sites for hydroxylation is 2. The van der Waals surface area contributed by atoms with E-state index in [0.29, 0.717) is 19.1 Å². The molecule has 0 radical (unpaired) electrons. The highest BCUT2D eigenvalue weighted by atomic mass is 16.5. The van der Waals surface area contributed by atoms with E-state index in [1.165, 1.54) is 0 Å². The average Bonchev–Trinajstić information content (AvgIpc) is 2.89. The van der Waals surface area contributed by atoms with Crippen LogP contribution < -0.4 is 5.73 Å². The van der Waals surface area contributed by atoms with E-state index in [9.17, 15) is 0 Å². The van der Waals surface area contributed by atoms with Crippen molar-refractivity contribution in [1.82, 2.24) is 19.3 Å². The van der Waals surface area contributed by atoms with E-state index in [0.717, 1.165) is 29.7 Å². The van der Waals surface area contributed by atoms with Crippen molar-refractivity contribution in [1.29, 1.82) is 0 Å². The van der Waals surface area contributed by atoms with Crippen molar-refractivity contribution in [3.8, 4) is 0 Å². The molecule has 20 heavy (non-hydrogen) atoms. The molecule has 0 saturated heterocycles. The van der Waals surface area contributed by atoms with E-state index >= 15 is 0 Å². The Morgan fingerprint density at radius 3 is 2.70 bits per heavy atom. The first-order valence-electron chi connectivity index (χ1n) is 6.81. The normalized spacial score (nSPS) is 13.2. The highest BCUT2D eigenvalue weighted by molar-refractivity contribution is 5.77. The molecule has 0 saturated carbocycles. The van der Waals surface area contributed by atoms with Crippen LogP contribution in [-0.4, -0.2) is 46.3 Å². The van der Waals surface area contributed by atoms with Crippen LogP contribution in [0, 0.1) is 0 Å². The summed E-state index contributed by atoms with van der Waals surface area (Å²) in [6.45, 7) is 3.23. The zero-order valence-corrected chi connectivity index (χ0v) is 12.6. The summed E-state index contributed by atoms with van der Waals surface area (Å²) in [6, 6.07) is 0. The Hall–Kier alpha value is -1.60. The number of aromatic nitrogens is 4. The zero-order chi connectivity index (χ0) is 14.7. The number of anilines is 1. The molecule has 0 spiro atoms. The van der Waals surface area contributed by atoms with Gasteiger partial charge in [0.1, 0.15) is 5.52 Å². The van der Waals surface area contributed by atoms with Crippen molar-refractivity contribution < 1.29 is 9.47 Å². The molecule has 2 aromatic rings. The van der Waals surface area contributed by atoms with Crippen LogP contribution in [0.4, 0.5) is 5.95 Å². The van der Waals surface area contributed by atoms with Crippen LogP contribution in [0.2, 0.25) is 0 Å². The molecule has 0 aromatic carbocycles. The number of nitrogen functional groups attached to an aromatic ring is 1. The van der Waals surface area contributed by atoms with E-state index in [4.69, 9.17) is 15.2 Å². The minimum Gasteiger partial charge on any atom is -0.382 e. The Kier molecular flexibility index (Phi) is 4.61. The van der Waals surface area contributed by atoms with Crippen molar-refractivity contribution in [2.75, 3.05) is 26.6 Å². The lowest BCUT2D eigenvalue weighted by atomic mass is 10.2. The van der Waals surface area contributed by atoms with Crippen LogP contribution in [0.1, 0.15) is 19.0 Å². The number of hydrogen-bond donors (Lipinski definition) is 1. The summed E-state index contributed by atoms with van der Waals surface area (Å²) in [5.41, 5.74) is 8.86. The fraction of sp³-hybridized carbons (Fsp3) is 0.692. The molecule has 0 amide bonds. The molecular weight excluding hydrogens is 258 g/mol. The van der Waals surface area contributed by atoms with Gasteiger partial charge in [-0.25, -0.2) is 4.98 Å². The molecule has 2 rings (SSSR count). The summed E-state index contributed by atoms with van der Waals surface area (Å²) in [4.78, 5) is 4.46. The number of rotatable bonds is 7. The Bertz CT molecular complexity index is 575. The van der Waals surface area contributed by atoms with Gasteiger partial charge in [0.2, 0.25) is 5.95 Å². The quantitative estimate of drug-likeness (QED) is 0.818. The number of methoxy groups -OCH3 is 2. The number of fused-ring (bicyclic) bond motifs is 1. The average molecular weight is 281 g/mol. The predicted octanol–water partition coefficient (Wildman–Crippen LogP) is 0.966. The number of hydrogen-bond acceptors (Lipinski definition) is 5. The van der Waals surface area contributed by atoms with Gasteiger partial charge in [-0.05, 0) is 6.42 Å². The summed E-state index contributed by atoms with van der Waals surface area (Å²) < 4.78 is 14.3. The van der Waals surface area contributed by atoms with Gasteiger partial charge >= 0.3 is 0 Å². The van der Waals surface area contributed by atoms with Crippen LogP contribution in [0.25, 0.3) is 11.2 Å². The standard InChI is InChI=1S/C13H23N5O2/c1-5-6-10-11-12(17(2)16-10)18(13(14)15-11)7-9(20-4)8-19-3/h9H,5-8H2,1-4H3,(H2,14,15). The first-order chi connectivity index (χ1) is 9.62. The third-order valence-corrected chi connectivity index (χ3v) is 3.38. The molecular formula is C13H23N5O2. The molecule has 0 fully saturated rings. The topological polar surface area (TPSA) is 80.1 Å². The predicted molar refractivity (Wildman–Crippen MR) is 77.6 cm³/mol. The van der Waals surface area contributed by atoms with Crippen LogP contribution in [-0.2, 0) is 29.5 Å². The fourth-order valence-corrected chi connectivity index (χ4v) is 2.43. The summed E-state index contributed by atoms with van der Waals surface area (Å²) in [7, 11) is 5.24. The van der Waals surface area contributed by atoms with E-state index in [1.54, 1.807) is 14.2 Å². The largest absolute Gasteiger partial charge is 0.382 e. The zero-order valence-electron chi connectivity index (χ0n) is 12.6. The van der Waals surface area contributed by atoms with Gasteiger partial charge < -0.3 is 15.2 Å². The molecule has 112 valence electrons. The summed E-state index contributed by atoms with van der Waals surface area (Å²) in [6.07, 6.45) is 1.87. The maximum absolute atomic E-state index is 6.05. The molecule has 0 aliphatic carbocycles. The third-order valence-electron chi connectivity index (χ3n) is 3.38. The lowest BCUT2D eigenvalue weighted by Gasteiger charge is -2.16. The molecule has 2 heterocycles. The molecule has 0 bridgehead atoms. The van der Waals surface area contributed by atoms with Crippen molar-refractivity contribution in [2.45, 2.75) is 32.4 Å². The van der Waals surface area contributed by atoms with Gasteiger partial charge in [0.05, 0.1) is 24.9 Å². The minimum absolute atomic E-state index is 0.0655. The van der Waals surface area contributed by atoms with E-state index in [-0.39, 0.29) is 6.10 Å². The maximum atomic E-state index is 6.05. The SMILES string of the molecule is CCCc1nn(C)c2c1nc(N)n2CC(COC)OC. The number of nitrogens with zero attached hydrogens (tertiary/aromatic N) is 4. The van der Waals surface area contributed by atoms with Gasteiger partial charge in [0.25, 0.3) is 0 Å². The molecule has 0 aliphatic heterocycles. The molecule has 0 aliphatic rings. The van der Waals surface area contributed by atoms with Gasteiger partial charge in [0.15, 0.2) is 5.65 Å². The van der Waals surface area contributed by atoms with Crippen LogP contribution >= 0.6 is 0 Å². The number of ether oxygens (including phenoxy) is 2. The second kappa shape index (κ2) is 6.23. The maximum Gasteiger partial charge on any atom is 0.202 e. The fourth-order valence-electron chi connectivity index (χ4n) is 2.43. The minimum atomic E-state index is -0.0655. The van der Waals surface area contributed by atoms with Crippen molar-refractivity contribution in [2.24, 2.45) is 7.05 Å². The molecule has 2 N–H and O–H groups in total. The van der Waals surface area contributed by atoms with Crippen LogP contribution in [0.3, 0.4) is 0 Å². The van der Waals surface area contributed by atoms with Crippen molar-refractivity contribution >= 4 is 17.1 Å².